The molecule has 15 heteroatoms. The fraction of sp³-hybridized carbons (Fsp3) is 0.429. The number of methoxy groups -OCH3 is 1. The zero-order valence-corrected chi connectivity index (χ0v) is 28.6. The van der Waals surface area contributed by atoms with Gasteiger partial charge in [0.05, 0.1) is 19.7 Å². The van der Waals surface area contributed by atoms with E-state index < -0.39 is 23.9 Å². The first-order valence-electron chi connectivity index (χ1n) is 16.8. The summed E-state index contributed by atoms with van der Waals surface area (Å²) in [5.74, 6) is -0.516. The van der Waals surface area contributed by atoms with Gasteiger partial charge < -0.3 is 30.1 Å². The van der Waals surface area contributed by atoms with Crippen LogP contribution in [0.4, 0.5) is 0 Å². The van der Waals surface area contributed by atoms with Gasteiger partial charge in [-0.2, -0.15) is 5.10 Å². The van der Waals surface area contributed by atoms with E-state index in [-0.39, 0.29) is 66.8 Å². The molecular formula is C35H41N9O6. The number of ether oxygens (including phenoxy) is 1. The highest BCUT2D eigenvalue weighted by Crippen LogP contribution is 2.28. The molecule has 0 spiro atoms. The number of amides is 4. The first-order valence-corrected chi connectivity index (χ1v) is 16.8. The summed E-state index contributed by atoms with van der Waals surface area (Å²) < 4.78 is 12.5. The van der Waals surface area contributed by atoms with Crippen molar-refractivity contribution in [2.24, 2.45) is 5.92 Å². The summed E-state index contributed by atoms with van der Waals surface area (Å²) in [5.41, 5.74) is 2.90. The molecule has 4 heterocycles. The van der Waals surface area contributed by atoms with E-state index in [9.17, 15) is 19.2 Å². The summed E-state index contributed by atoms with van der Waals surface area (Å²) in [6.07, 6.45) is 2.92. The van der Waals surface area contributed by atoms with E-state index in [1.54, 1.807) is 6.92 Å². The van der Waals surface area contributed by atoms with E-state index in [2.05, 4.69) is 31.2 Å². The molecule has 262 valence electrons. The lowest BCUT2D eigenvalue weighted by molar-refractivity contribution is -0.124. The van der Waals surface area contributed by atoms with E-state index >= 15 is 0 Å². The van der Waals surface area contributed by atoms with Crippen molar-refractivity contribution in [2.75, 3.05) is 20.2 Å². The smallest absolute Gasteiger partial charge is 0.274 e. The number of carbonyl (C=O) groups excluding carboxylic acids is 4. The van der Waals surface area contributed by atoms with Crippen molar-refractivity contribution in [3.63, 3.8) is 0 Å². The molecule has 2 bridgehead atoms. The monoisotopic (exact) mass is 683 g/mol. The minimum Gasteiger partial charge on any atom is -0.480 e. The van der Waals surface area contributed by atoms with Crippen molar-refractivity contribution in [1.82, 2.24) is 45.8 Å². The second kappa shape index (κ2) is 14.9. The number of pyridine rings is 1. The Bertz CT molecular complexity index is 1890. The van der Waals surface area contributed by atoms with Gasteiger partial charge in [-0.1, -0.05) is 49.3 Å². The number of hydrogen-bond acceptors (Lipinski definition) is 10. The molecule has 3 N–H and O–H groups in total. The van der Waals surface area contributed by atoms with Gasteiger partial charge in [0, 0.05) is 30.4 Å². The van der Waals surface area contributed by atoms with Crippen LogP contribution >= 0.6 is 0 Å². The van der Waals surface area contributed by atoms with Gasteiger partial charge in [-0.15, -0.1) is 0 Å². The average Bonchev–Trinajstić information content (AvgIpc) is 3.86. The predicted molar refractivity (Wildman–Crippen MR) is 180 cm³/mol. The number of aromatic nitrogens is 5. The summed E-state index contributed by atoms with van der Waals surface area (Å²) in [7, 11) is 1.47. The van der Waals surface area contributed by atoms with E-state index in [1.807, 2.05) is 50.2 Å². The molecule has 3 aromatic heterocycles. The Morgan fingerprint density at radius 3 is 2.62 bits per heavy atom. The first-order chi connectivity index (χ1) is 24.1. The Labute approximate surface area is 289 Å². The van der Waals surface area contributed by atoms with Gasteiger partial charge in [0.2, 0.25) is 17.7 Å². The van der Waals surface area contributed by atoms with Gasteiger partial charge in [-0.05, 0) is 50.2 Å². The highest BCUT2D eigenvalue weighted by Gasteiger charge is 2.30. The van der Waals surface area contributed by atoms with Crippen LogP contribution in [0.15, 0.2) is 47.0 Å². The van der Waals surface area contributed by atoms with Crippen LogP contribution in [0.1, 0.15) is 83.3 Å². The minimum atomic E-state index is -0.907. The normalized spacial score (nSPS) is 18.7. The van der Waals surface area contributed by atoms with Crippen molar-refractivity contribution >= 4 is 23.6 Å². The number of aryl methyl sites for hydroxylation is 2. The minimum absolute atomic E-state index is 0.0413. The van der Waals surface area contributed by atoms with Crippen LogP contribution in [0.3, 0.4) is 0 Å². The van der Waals surface area contributed by atoms with Crippen LogP contribution < -0.4 is 20.7 Å². The zero-order chi connectivity index (χ0) is 35.4. The Morgan fingerprint density at radius 1 is 1.06 bits per heavy atom. The number of fused-ring (bicyclic) bond motifs is 4. The van der Waals surface area contributed by atoms with Crippen molar-refractivity contribution in [3.8, 4) is 17.3 Å². The van der Waals surface area contributed by atoms with Gasteiger partial charge in [0.15, 0.2) is 17.3 Å². The van der Waals surface area contributed by atoms with Gasteiger partial charge >= 0.3 is 0 Å². The number of hydrogen-bond donors (Lipinski definition) is 3. The van der Waals surface area contributed by atoms with Gasteiger partial charge in [0.25, 0.3) is 11.8 Å². The Kier molecular flexibility index (Phi) is 10.2. The fourth-order valence-corrected chi connectivity index (χ4v) is 6.20. The molecule has 2 aliphatic rings. The third-order valence-electron chi connectivity index (χ3n) is 8.67. The SMILES string of the molecule is COc1nc2c(cc1C(=O)N1CCNC(=O)Cn3nc(-c4ccccc4)nc3[C@H](C)NC(=O)[C@@H](CC(C)C)NC(=O)c3cc(on3)C1)CCC2. The van der Waals surface area contributed by atoms with Gasteiger partial charge in [-0.25, -0.2) is 14.6 Å². The molecular weight excluding hydrogens is 642 g/mol. The van der Waals surface area contributed by atoms with Crippen molar-refractivity contribution in [2.45, 2.75) is 71.6 Å². The number of nitrogens with one attached hydrogen (secondary N) is 3. The van der Waals surface area contributed by atoms with Crippen molar-refractivity contribution in [1.29, 1.82) is 0 Å². The van der Waals surface area contributed by atoms with Crippen LogP contribution in [0.2, 0.25) is 0 Å². The van der Waals surface area contributed by atoms with Crippen LogP contribution in [0.25, 0.3) is 11.4 Å². The standard InChI is InChI=1S/C35H41N9O6/c1-20(2)15-27-32(46)37-21(3)31-40-30(22-9-6-5-7-10-22)41-44(31)19-29(45)36-13-14-43(18-24-17-28(42-50-24)33(47)38-27)35(48)25-16-23-11-8-12-26(23)39-34(25)49-4/h5-7,9-10,16-17,20-21,27H,8,11-15,18-19H2,1-4H3,(H,36,45)(H,37,46)(H,38,47)/t21-,27+/m0/s1. The Hall–Kier alpha value is -5.60. The Balaban J connectivity index is 1.33. The number of rotatable bonds is 5. The van der Waals surface area contributed by atoms with E-state index in [0.29, 0.717) is 18.1 Å². The van der Waals surface area contributed by atoms with E-state index in [4.69, 9.17) is 14.2 Å². The molecule has 0 saturated heterocycles. The highest BCUT2D eigenvalue weighted by molar-refractivity contribution is 5.97. The fourth-order valence-electron chi connectivity index (χ4n) is 6.20. The average molecular weight is 684 g/mol. The lowest BCUT2D eigenvalue weighted by atomic mass is 10.0. The summed E-state index contributed by atoms with van der Waals surface area (Å²) in [5, 5.41) is 17.2. The molecule has 0 radical (unpaired) electrons. The maximum Gasteiger partial charge on any atom is 0.274 e. The van der Waals surface area contributed by atoms with Crippen LogP contribution in [-0.2, 0) is 35.5 Å². The number of carbonyl (C=O) groups is 4. The third-order valence-corrected chi connectivity index (χ3v) is 8.67. The molecule has 0 fully saturated rings. The molecule has 2 atom stereocenters. The summed E-state index contributed by atoms with van der Waals surface area (Å²) >= 11 is 0. The van der Waals surface area contributed by atoms with Crippen LogP contribution in [0.5, 0.6) is 5.88 Å². The molecule has 15 nitrogen and oxygen atoms in total. The second-order valence-electron chi connectivity index (χ2n) is 13.0. The summed E-state index contributed by atoms with van der Waals surface area (Å²) in [4.78, 5) is 65.2. The largest absolute Gasteiger partial charge is 0.480 e. The molecule has 50 heavy (non-hydrogen) atoms. The van der Waals surface area contributed by atoms with Crippen LogP contribution in [0, 0.1) is 5.92 Å². The lowest BCUT2D eigenvalue weighted by Gasteiger charge is -2.23. The maximum atomic E-state index is 14.1. The quantitative estimate of drug-likeness (QED) is 0.282. The second-order valence-corrected chi connectivity index (χ2v) is 13.0. The molecule has 6 rings (SSSR count). The van der Waals surface area contributed by atoms with Crippen molar-refractivity contribution in [3.05, 3.63) is 76.6 Å². The topological polar surface area (TPSA) is 186 Å². The van der Waals surface area contributed by atoms with Crippen LogP contribution in [-0.4, -0.2) is 79.7 Å². The molecule has 0 unspecified atom stereocenters. The summed E-state index contributed by atoms with van der Waals surface area (Å²) in [6.45, 7) is 5.57. The van der Waals surface area contributed by atoms with Gasteiger partial charge in [-0.3, -0.25) is 19.2 Å². The maximum absolute atomic E-state index is 14.1. The lowest BCUT2D eigenvalue weighted by Crippen LogP contribution is -2.48. The number of nitrogens with zero attached hydrogens (tertiary/aromatic N) is 6. The molecule has 0 saturated carbocycles. The Morgan fingerprint density at radius 2 is 1.86 bits per heavy atom. The van der Waals surface area contributed by atoms with Gasteiger partial charge in [0.1, 0.15) is 24.0 Å². The first kappa shape index (κ1) is 34.3. The van der Waals surface area contributed by atoms with E-state index in [0.717, 1.165) is 36.1 Å². The number of benzene rings is 1. The predicted octanol–water partition coefficient (Wildman–Crippen LogP) is 2.62. The molecule has 1 aliphatic heterocycles. The zero-order valence-electron chi connectivity index (χ0n) is 28.6. The highest BCUT2D eigenvalue weighted by atomic mass is 16.5. The molecule has 1 aromatic carbocycles. The summed E-state index contributed by atoms with van der Waals surface area (Å²) in [6, 6.07) is 11.0. The third kappa shape index (κ3) is 7.66. The molecule has 4 aromatic rings. The van der Waals surface area contributed by atoms with Crippen molar-refractivity contribution < 1.29 is 28.4 Å². The molecule has 1 aliphatic carbocycles. The van der Waals surface area contributed by atoms with E-state index in [1.165, 1.54) is 22.8 Å². The molecule has 4 amide bonds.